The largest absolute Gasteiger partial charge is 0.490 e. The SMILES string of the molecule is c1ccc2c(OCC3CO3)c(C3CCCCC3)c(OCC3CO3)c(OCC3CO3)c2c1. The van der Waals surface area contributed by atoms with Crippen LogP contribution in [0.15, 0.2) is 24.3 Å². The first-order valence-electron chi connectivity index (χ1n) is 11.7. The lowest BCUT2D eigenvalue weighted by molar-refractivity contribution is 0.222. The lowest BCUT2D eigenvalue weighted by atomic mass is 9.82. The second kappa shape index (κ2) is 8.49. The number of epoxide rings is 3. The first-order valence-corrected chi connectivity index (χ1v) is 11.7. The van der Waals surface area contributed by atoms with Gasteiger partial charge < -0.3 is 28.4 Å². The summed E-state index contributed by atoms with van der Waals surface area (Å²) in [4.78, 5) is 0. The first kappa shape index (κ1) is 19.6. The summed E-state index contributed by atoms with van der Waals surface area (Å²) in [6.45, 7) is 3.97. The molecule has 0 bridgehead atoms. The fourth-order valence-corrected chi connectivity index (χ4v) is 4.60. The van der Waals surface area contributed by atoms with Crippen molar-refractivity contribution in [2.24, 2.45) is 0 Å². The van der Waals surface area contributed by atoms with E-state index >= 15 is 0 Å². The van der Waals surface area contributed by atoms with Crippen LogP contribution in [0.2, 0.25) is 0 Å². The summed E-state index contributed by atoms with van der Waals surface area (Å²) >= 11 is 0. The van der Waals surface area contributed by atoms with Crippen LogP contribution in [0.5, 0.6) is 17.2 Å². The molecule has 3 atom stereocenters. The van der Waals surface area contributed by atoms with Gasteiger partial charge in [-0.1, -0.05) is 43.5 Å². The molecule has 0 radical (unpaired) electrons. The molecular weight excluding hydrogens is 396 g/mol. The van der Waals surface area contributed by atoms with E-state index in [1.807, 2.05) is 6.07 Å². The molecule has 0 N–H and O–H groups in total. The standard InChI is InChI=1S/C25H30O6/c1-2-6-16(7-3-1)22-23(29-13-17-10-26-17)20-8-4-5-9-21(20)24(30-14-18-11-27-18)25(22)31-15-19-12-28-19/h4-5,8-9,16-19H,1-3,6-7,10-15H2. The van der Waals surface area contributed by atoms with E-state index in [1.165, 1.54) is 24.8 Å². The van der Waals surface area contributed by atoms with Crippen LogP contribution >= 0.6 is 0 Å². The average Bonchev–Trinajstić information content (AvgIpc) is 3.66. The molecule has 31 heavy (non-hydrogen) atoms. The van der Waals surface area contributed by atoms with Crippen LogP contribution in [-0.4, -0.2) is 58.0 Å². The van der Waals surface area contributed by atoms with Crippen molar-refractivity contribution in [2.75, 3.05) is 39.6 Å². The molecule has 3 unspecified atom stereocenters. The molecule has 4 aliphatic rings. The molecule has 166 valence electrons. The number of fused-ring (bicyclic) bond motifs is 1. The molecule has 3 aliphatic heterocycles. The quantitative estimate of drug-likeness (QED) is 0.530. The zero-order valence-corrected chi connectivity index (χ0v) is 17.8. The Morgan fingerprint density at radius 2 is 1.13 bits per heavy atom. The van der Waals surface area contributed by atoms with Crippen LogP contribution in [0.25, 0.3) is 10.8 Å². The molecule has 0 spiro atoms. The summed E-state index contributed by atoms with van der Waals surface area (Å²) in [7, 11) is 0. The Balaban J connectivity index is 1.48. The lowest BCUT2D eigenvalue weighted by Crippen LogP contribution is -2.16. The lowest BCUT2D eigenvalue weighted by Gasteiger charge is -2.29. The number of rotatable bonds is 10. The molecular formula is C25H30O6. The van der Waals surface area contributed by atoms with E-state index < -0.39 is 0 Å². The Labute approximate surface area is 182 Å². The van der Waals surface area contributed by atoms with Gasteiger partial charge in [0.2, 0.25) is 0 Å². The highest BCUT2D eigenvalue weighted by molar-refractivity contribution is 5.97. The van der Waals surface area contributed by atoms with Gasteiger partial charge in [-0.25, -0.2) is 0 Å². The van der Waals surface area contributed by atoms with Crippen molar-refractivity contribution < 1.29 is 28.4 Å². The van der Waals surface area contributed by atoms with Gasteiger partial charge in [-0.05, 0) is 18.8 Å². The third-order valence-electron chi connectivity index (χ3n) is 6.57. The molecule has 2 aromatic carbocycles. The van der Waals surface area contributed by atoms with Gasteiger partial charge in [0.05, 0.1) is 19.8 Å². The number of hydrogen-bond acceptors (Lipinski definition) is 6. The zero-order valence-electron chi connectivity index (χ0n) is 17.8. The van der Waals surface area contributed by atoms with E-state index in [9.17, 15) is 0 Å². The zero-order chi connectivity index (χ0) is 20.6. The second-order valence-corrected chi connectivity index (χ2v) is 9.08. The predicted molar refractivity (Wildman–Crippen MR) is 115 cm³/mol. The smallest absolute Gasteiger partial charge is 0.169 e. The van der Waals surface area contributed by atoms with Gasteiger partial charge in [-0.2, -0.15) is 0 Å². The molecule has 6 nitrogen and oxygen atoms in total. The Morgan fingerprint density at radius 3 is 1.68 bits per heavy atom. The summed E-state index contributed by atoms with van der Waals surface area (Å²) in [5, 5.41) is 2.12. The third kappa shape index (κ3) is 4.47. The van der Waals surface area contributed by atoms with Crippen molar-refractivity contribution in [1.82, 2.24) is 0 Å². The maximum absolute atomic E-state index is 6.47. The van der Waals surface area contributed by atoms with Crippen LogP contribution in [0.3, 0.4) is 0 Å². The van der Waals surface area contributed by atoms with Crippen molar-refractivity contribution in [3.05, 3.63) is 29.8 Å². The van der Waals surface area contributed by atoms with E-state index in [0.29, 0.717) is 25.7 Å². The third-order valence-corrected chi connectivity index (χ3v) is 6.57. The first-order chi connectivity index (χ1) is 15.4. The number of ether oxygens (including phenoxy) is 6. The summed E-state index contributed by atoms with van der Waals surface area (Å²) in [6, 6.07) is 8.35. The van der Waals surface area contributed by atoms with E-state index in [0.717, 1.165) is 60.7 Å². The Morgan fingerprint density at radius 1 is 0.645 bits per heavy atom. The summed E-state index contributed by atoms with van der Waals surface area (Å²) in [5.41, 5.74) is 1.17. The minimum Gasteiger partial charge on any atom is -0.490 e. The minimum absolute atomic E-state index is 0.175. The van der Waals surface area contributed by atoms with Crippen molar-refractivity contribution in [3.63, 3.8) is 0 Å². The van der Waals surface area contributed by atoms with Crippen LogP contribution in [0.4, 0.5) is 0 Å². The van der Waals surface area contributed by atoms with Gasteiger partial charge >= 0.3 is 0 Å². The molecule has 0 aromatic heterocycles. The normalized spacial score (nSPS) is 27.2. The van der Waals surface area contributed by atoms with Gasteiger partial charge in [0.1, 0.15) is 43.9 Å². The Hall–Kier alpha value is -2.02. The van der Waals surface area contributed by atoms with Gasteiger partial charge in [-0.15, -0.1) is 0 Å². The summed E-state index contributed by atoms with van der Waals surface area (Å²) in [5.74, 6) is 3.01. The highest BCUT2D eigenvalue weighted by atomic mass is 16.6. The maximum atomic E-state index is 6.47. The predicted octanol–water partition coefficient (Wildman–Crippen LogP) is 4.22. The number of hydrogen-bond donors (Lipinski definition) is 0. The second-order valence-electron chi connectivity index (χ2n) is 9.08. The Bertz CT molecular complexity index is 925. The maximum Gasteiger partial charge on any atom is 0.169 e. The molecule has 1 saturated carbocycles. The van der Waals surface area contributed by atoms with Crippen molar-refractivity contribution in [3.8, 4) is 17.2 Å². The molecule has 1 aliphatic carbocycles. The fourth-order valence-electron chi connectivity index (χ4n) is 4.60. The number of benzene rings is 2. The van der Waals surface area contributed by atoms with E-state index in [2.05, 4.69) is 18.2 Å². The van der Waals surface area contributed by atoms with E-state index in [-0.39, 0.29) is 18.3 Å². The molecule has 0 amide bonds. The van der Waals surface area contributed by atoms with Crippen molar-refractivity contribution >= 4 is 10.8 Å². The molecule has 4 fully saturated rings. The molecule has 3 heterocycles. The highest BCUT2D eigenvalue weighted by Gasteiger charge is 2.34. The molecule has 2 aromatic rings. The van der Waals surface area contributed by atoms with Crippen molar-refractivity contribution in [2.45, 2.75) is 56.3 Å². The van der Waals surface area contributed by atoms with Crippen LogP contribution in [0, 0.1) is 0 Å². The highest BCUT2D eigenvalue weighted by Crippen LogP contribution is 2.52. The monoisotopic (exact) mass is 426 g/mol. The Kier molecular flexibility index (Phi) is 5.38. The topological polar surface area (TPSA) is 65.3 Å². The van der Waals surface area contributed by atoms with Crippen LogP contribution in [0.1, 0.15) is 43.6 Å². The van der Waals surface area contributed by atoms with Crippen molar-refractivity contribution in [1.29, 1.82) is 0 Å². The van der Waals surface area contributed by atoms with Crippen LogP contribution in [-0.2, 0) is 14.2 Å². The minimum atomic E-state index is 0.175. The van der Waals surface area contributed by atoms with Gasteiger partial charge in [0.25, 0.3) is 0 Å². The van der Waals surface area contributed by atoms with Gasteiger partial charge in [0, 0.05) is 16.3 Å². The summed E-state index contributed by atoms with van der Waals surface area (Å²) in [6.07, 6.45) is 6.62. The average molecular weight is 427 g/mol. The molecule has 6 heteroatoms. The van der Waals surface area contributed by atoms with Gasteiger partial charge in [0.15, 0.2) is 11.5 Å². The molecule has 3 saturated heterocycles. The van der Waals surface area contributed by atoms with Gasteiger partial charge in [-0.3, -0.25) is 0 Å². The van der Waals surface area contributed by atoms with E-state index in [4.69, 9.17) is 28.4 Å². The van der Waals surface area contributed by atoms with E-state index in [1.54, 1.807) is 0 Å². The summed E-state index contributed by atoms with van der Waals surface area (Å²) < 4.78 is 35.6. The molecule has 6 rings (SSSR count). The van der Waals surface area contributed by atoms with Crippen LogP contribution < -0.4 is 14.2 Å². The fraction of sp³-hybridized carbons (Fsp3) is 0.600.